The minimum Gasteiger partial charge on any atom is -0.350 e. The highest BCUT2D eigenvalue weighted by atomic mass is 32.2. The second-order valence-corrected chi connectivity index (χ2v) is 11.3. The van der Waals surface area contributed by atoms with E-state index in [4.69, 9.17) is 5.26 Å². The predicted octanol–water partition coefficient (Wildman–Crippen LogP) is 1.15. The molecule has 3 fully saturated rings. The second kappa shape index (κ2) is 9.98. The van der Waals surface area contributed by atoms with E-state index in [2.05, 4.69) is 11.4 Å². The van der Waals surface area contributed by atoms with Gasteiger partial charge in [-0.15, -0.1) is 0 Å². The smallest absolute Gasteiger partial charge is 0.282 e. The molecule has 184 valence electrons. The summed E-state index contributed by atoms with van der Waals surface area (Å²) in [4.78, 5) is 27.7. The fourth-order valence-corrected chi connectivity index (χ4v) is 6.69. The highest BCUT2D eigenvalue weighted by molar-refractivity contribution is 7.86. The first kappa shape index (κ1) is 24.6. The molecule has 2 amide bonds. The molecule has 9 nitrogen and oxygen atoms in total. The van der Waals surface area contributed by atoms with Gasteiger partial charge >= 0.3 is 0 Å². The average Bonchev–Trinajstić information content (AvgIpc) is 3.28. The molecule has 0 unspecified atom stereocenters. The van der Waals surface area contributed by atoms with Crippen LogP contribution in [0.4, 0.5) is 4.39 Å². The predicted molar refractivity (Wildman–Crippen MR) is 122 cm³/mol. The average molecular weight is 492 g/mol. The summed E-state index contributed by atoms with van der Waals surface area (Å²) in [6, 6.07) is 6.14. The van der Waals surface area contributed by atoms with Crippen LogP contribution in [0.3, 0.4) is 0 Å². The number of hydrogen-bond donors (Lipinski definition) is 1. The Balaban J connectivity index is 1.37. The summed E-state index contributed by atoms with van der Waals surface area (Å²) in [6.07, 6.45) is 2.32. The number of piperidine rings is 1. The van der Waals surface area contributed by atoms with Gasteiger partial charge in [0, 0.05) is 44.8 Å². The number of aryl methyl sites for hydroxylation is 1. The molecule has 4 rings (SSSR count). The maximum absolute atomic E-state index is 14.0. The van der Waals surface area contributed by atoms with Gasteiger partial charge in [-0.3, -0.25) is 9.59 Å². The number of benzene rings is 1. The fraction of sp³-hybridized carbons (Fsp3) is 0.609. The van der Waals surface area contributed by atoms with Crippen LogP contribution in [0, 0.1) is 35.9 Å². The molecule has 0 bridgehead atoms. The summed E-state index contributed by atoms with van der Waals surface area (Å²) < 4.78 is 42.4. The first-order valence-electron chi connectivity index (χ1n) is 11.7. The molecule has 0 saturated carbocycles. The molecule has 3 heterocycles. The van der Waals surface area contributed by atoms with Gasteiger partial charge in [0.25, 0.3) is 10.2 Å². The molecule has 0 aliphatic carbocycles. The molecule has 1 N–H and O–H groups in total. The molecular formula is C23H30FN5O4S. The molecule has 3 saturated heterocycles. The third-order valence-corrected chi connectivity index (χ3v) is 8.84. The van der Waals surface area contributed by atoms with E-state index in [-0.39, 0.29) is 43.9 Å². The van der Waals surface area contributed by atoms with Gasteiger partial charge in [0.05, 0.1) is 17.9 Å². The molecule has 1 aromatic carbocycles. The Hall–Kier alpha value is -2.55. The standard InChI is InChI=1S/C23H30FN5O4S/c1-16-6-7-20(24)19(10-16)12-26-22(30)21-5-3-9-29(21)23(31)18-4-2-8-27(15-18)34(32,33)28-13-17(11-25)14-28/h6-7,10,17-18,21H,2-5,8-9,12-15H2,1H3,(H,26,30)/t18-,21+/m0/s1. The second-order valence-electron chi connectivity index (χ2n) is 9.35. The number of rotatable bonds is 6. The summed E-state index contributed by atoms with van der Waals surface area (Å²) in [6.45, 7) is 3.11. The Kier molecular flexibility index (Phi) is 7.21. The van der Waals surface area contributed by atoms with Crippen LogP contribution in [-0.4, -0.2) is 72.5 Å². The van der Waals surface area contributed by atoms with E-state index >= 15 is 0 Å². The molecular weight excluding hydrogens is 461 g/mol. The minimum atomic E-state index is -3.70. The van der Waals surface area contributed by atoms with Crippen LogP contribution in [0.1, 0.15) is 36.8 Å². The summed E-state index contributed by atoms with van der Waals surface area (Å²) in [5.74, 6) is -1.72. The summed E-state index contributed by atoms with van der Waals surface area (Å²) in [7, 11) is -3.70. The SMILES string of the molecule is Cc1ccc(F)c(CNC(=O)[C@H]2CCCN2C(=O)[C@H]2CCCN(S(=O)(=O)N3CC(C#N)C3)C2)c1. The fourth-order valence-electron chi connectivity index (χ4n) is 4.90. The van der Waals surface area contributed by atoms with E-state index in [1.807, 2.05) is 6.92 Å². The summed E-state index contributed by atoms with van der Waals surface area (Å²) in [5, 5.41) is 11.7. The van der Waals surface area contributed by atoms with Crippen molar-refractivity contribution in [3.63, 3.8) is 0 Å². The maximum atomic E-state index is 14.0. The Morgan fingerprint density at radius 3 is 2.62 bits per heavy atom. The molecule has 3 aliphatic rings. The lowest BCUT2D eigenvalue weighted by Gasteiger charge is -2.41. The van der Waals surface area contributed by atoms with Crippen LogP contribution in [-0.2, 0) is 26.3 Å². The number of amides is 2. The van der Waals surface area contributed by atoms with Crippen molar-refractivity contribution in [3.8, 4) is 6.07 Å². The Morgan fingerprint density at radius 2 is 1.88 bits per heavy atom. The summed E-state index contributed by atoms with van der Waals surface area (Å²) in [5.41, 5.74) is 1.28. The van der Waals surface area contributed by atoms with E-state index in [1.54, 1.807) is 17.0 Å². The van der Waals surface area contributed by atoms with Crippen molar-refractivity contribution in [2.24, 2.45) is 11.8 Å². The van der Waals surface area contributed by atoms with E-state index < -0.39 is 28.0 Å². The van der Waals surface area contributed by atoms with Gasteiger partial charge < -0.3 is 10.2 Å². The first-order valence-corrected chi connectivity index (χ1v) is 13.1. The Morgan fingerprint density at radius 1 is 1.15 bits per heavy atom. The molecule has 34 heavy (non-hydrogen) atoms. The molecule has 0 spiro atoms. The zero-order valence-electron chi connectivity index (χ0n) is 19.2. The number of carbonyl (C=O) groups excluding carboxylic acids is 2. The number of likely N-dealkylation sites (tertiary alicyclic amines) is 1. The number of nitrogens with one attached hydrogen (secondary N) is 1. The van der Waals surface area contributed by atoms with Crippen LogP contribution in [0.2, 0.25) is 0 Å². The van der Waals surface area contributed by atoms with Gasteiger partial charge in [-0.05, 0) is 38.7 Å². The number of carbonyl (C=O) groups is 2. The van der Waals surface area contributed by atoms with Crippen molar-refractivity contribution in [1.82, 2.24) is 18.8 Å². The Bertz CT molecular complexity index is 1100. The van der Waals surface area contributed by atoms with E-state index in [0.717, 1.165) is 5.56 Å². The highest BCUT2D eigenvalue weighted by Crippen LogP contribution is 2.29. The normalized spacial score (nSPS) is 24.4. The topological polar surface area (TPSA) is 114 Å². The quantitative estimate of drug-likeness (QED) is 0.641. The van der Waals surface area contributed by atoms with Gasteiger partial charge in [-0.1, -0.05) is 17.7 Å². The third kappa shape index (κ3) is 4.94. The number of nitriles is 1. The molecule has 0 aromatic heterocycles. The van der Waals surface area contributed by atoms with Crippen LogP contribution in [0.25, 0.3) is 0 Å². The molecule has 0 radical (unpaired) electrons. The van der Waals surface area contributed by atoms with Crippen LogP contribution in [0.15, 0.2) is 18.2 Å². The van der Waals surface area contributed by atoms with Gasteiger partial charge in [-0.25, -0.2) is 4.39 Å². The van der Waals surface area contributed by atoms with Crippen LogP contribution >= 0.6 is 0 Å². The lowest BCUT2D eigenvalue weighted by Crippen LogP contribution is -2.57. The molecule has 1 aromatic rings. The van der Waals surface area contributed by atoms with Crippen LogP contribution < -0.4 is 5.32 Å². The zero-order valence-corrected chi connectivity index (χ0v) is 20.1. The molecule has 3 aliphatic heterocycles. The molecule has 11 heteroatoms. The Labute approximate surface area is 199 Å². The lowest BCUT2D eigenvalue weighted by atomic mass is 9.97. The summed E-state index contributed by atoms with van der Waals surface area (Å²) >= 11 is 0. The monoisotopic (exact) mass is 491 g/mol. The zero-order chi connectivity index (χ0) is 24.5. The lowest BCUT2D eigenvalue weighted by molar-refractivity contribution is -0.142. The van der Waals surface area contributed by atoms with Crippen molar-refractivity contribution < 1.29 is 22.4 Å². The van der Waals surface area contributed by atoms with Crippen molar-refractivity contribution in [1.29, 1.82) is 5.26 Å². The van der Waals surface area contributed by atoms with Gasteiger partial charge in [0.2, 0.25) is 11.8 Å². The number of halogens is 1. The van der Waals surface area contributed by atoms with Crippen molar-refractivity contribution in [3.05, 3.63) is 35.1 Å². The number of nitrogens with zero attached hydrogens (tertiary/aromatic N) is 4. The number of hydrogen-bond acceptors (Lipinski definition) is 5. The van der Waals surface area contributed by atoms with Gasteiger partial charge in [-0.2, -0.15) is 22.3 Å². The molecule has 2 atom stereocenters. The maximum Gasteiger partial charge on any atom is 0.282 e. The van der Waals surface area contributed by atoms with E-state index in [0.29, 0.717) is 44.3 Å². The van der Waals surface area contributed by atoms with Crippen molar-refractivity contribution >= 4 is 22.0 Å². The van der Waals surface area contributed by atoms with Crippen molar-refractivity contribution in [2.75, 3.05) is 32.7 Å². The van der Waals surface area contributed by atoms with E-state index in [9.17, 15) is 22.4 Å². The van der Waals surface area contributed by atoms with Gasteiger partial charge in [0.15, 0.2) is 0 Å². The van der Waals surface area contributed by atoms with Crippen molar-refractivity contribution in [2.45, 2.75) is 45.2 Å². The third-order valence-electron chi connectivity index (χ3n) is 6.91. The largest absolute Gasteiger partial charge is 0.350 e. The van der Waals surface area contributed by atoms with Crippen LogP contribution in [0.5, 0.6) is 0 Å². The minimum absolute atomic E-state index is 0.0415. The van der Waals surface area contributed by atoms with E-state index in [1.165, 1.54) is 14.7 Å². The highest BCUT2D eigenvalue weighted by Gasteiger charge is 2.44. The van der Waals surface area contributed by atoms with Gasteiger partial charge in [0.1, 0.15) is 11.9 Å². The first-order chi connectivity index (χ1) is 16.2.